The molecule has 9 rings (SSSR count). The molecule has 0 saturated carbocycles. The molecule has 0 atom stereocenters. The molecule has 0 spiro atoms. The largest absolute Gasteiger partial charge is 0.208 e. The third kappa shape index (κ3) is 7.06. The zero-order valence-corrected chi connectivity index (χ0v) is 30.0. The summed E-state index contributed by atoms with van der Waals surface area (Å²) >= 11 is 0. The lowest BCUT2D eigenvalue weighted by Gasteiger charge is -2.11. The summed E-state index contributed by atoms with van der Waals surface area (Å²) < 4.78 is 0. The normalized spacial score (nSPS) is 10.8. The van der Waals surface area contributed by atoms with Crippen LogP contribution in [0.5, 0.6) is 0 Å². The van der Waals surface area contributed by atoms with Crippen molar-refractivity contribution in [1.29, 1.82) is 5.26 Å². The Morgan fingerprint density at radius 3 is 1.07 bits per heavy atom. The summed E-state index contributed by atoms with van der Waals surface area (Å²) in [7, 11) is 0. The molecule has 262 valence electrons. The van der Waals surface area contributed by atoms with E-state index < -0.39 is 0 Å². The van der Waals surface area contributed by atoms with Gasteiger partial charge in [-0.2, -0.15) is 5.26 Å². The number of nitrogens with zero attached hydrogens (tertiary/aromatic N) is 7. The third-order valence-corrected chi connectivity index (χ3v) is 9.45. The lowest BCUT2D eigenvalue weighted by atomic mass is 10.0. The minimum absolute atomic E-state index is 0.444. The van der Waals surface area contributed by atoms with E-state index in [1.54, 1.807) is 6.07 Å². The first-order valence-electron chi connectivity index (χ1n) is 18.2. The molecule has 9 aromatic rings. The van der Waals surface area contributed by atoms with Crippen molar-refractivity contribution in [2.45, 2.75) is 0 Å². The second-order valence-corrected chi connectivity index (χ2v) is 13.1. The highest BCUT2D eigenvalue weighted by atomic mass is 15.0. The van der Waals surface area contributed by atoms with Crippen LogP contribution < -0.4 is 0 Å². The quantitative estimate of drug-likeness (QED) is 0.154. The van der Waals surface area contributed by atoms with Crippen LogP contribution in [0.15, 0.2) is 188 Å². The smallest absolute Gasteiger partial charge is 0.165 e. The summed E-state index contributed by atoms with van der Waals surface area (Å²) in [6, 6.07) is 64.4. The average molecular weight is 718 g/mol. The van der Waals surface area contributed by atoms with Gasteiger partial charge in [-0.05, 0) is 46.5 Å². The molecule has 0 aliphatic carbocycles. The molecule has 2 aromatic heterocycles. The summed E-state index contributed by atoms with van der Waals surface area (Å²) in [5.41, 5.74) is 9.77. The van der Waals surface area contributed by atoms with E-state index in [1.165, 1.54) is 0 Å². The fourth-order valence-corrected chi connectivity index (χ4v) is 6.59. The van der Waals surface area contributed by atoms with Gasteiger partial charge in [0.2, 0.25) is 0 Å². The van der Waals surface area contributed by atoms with Gasteiger partial charge in [0.05, 0.1) is 11.6 Å². The maximum absolute atomic E-state index is 9.86. The second-order valence-electron chi connectivity index (χ2n) is 13.1. The van der Waals surface area contributed by atoms with E-state index in [-0.39, 0.29) is 0 Å². The van der Waals surface area contributed by atoms with Crippen LogP contribution in [0.25, 0.3) is 90.6 Å². The number of nitriles is 1. The molecule has 0 fully saturated rings. The Hall–Kier alpha value is -7.95. The van der Waals surface area contributed by atoms with Crippen LogP contribution in [-0.4, -0.2) is 29.9 Å². The molecule has 0 N–H and O–H groups in total. The highest BCUT2D eigenvalue weighted by molar-refractivity contribution is 5.76. The minimum atomic E-state index is 0.444. The summed E-state index contributed by atoms with van der Waals surface area (Å²) in [4.78, 5) is 29.5. The lowest BCUT2D eigenvalue weighted by Crippen LogP contribution is -2.01. The monoisotopic (exact) mass is 717 g/mol. The van der Waals surface area contributed by atoms with Crippen molar-refractivity contribution in [2.75, 3.05) is 0 Å². The Morgan fingerprint density at radius 2 is 0.589 bits per heavy atom. The SMILES string of the molecule is N#Cc1ccccc1-c1nc(-c2ccccc2)nc(-c2cccc(-c3ccc(-c4nc(-c5ccccc5)nc(-c5cccc(-c6ccccc6)c5)n4)cc3)c2)n1. The first kappa shape index (κ1) is 33.9. The van der Waals surface area contributed by atoms with Gasteiger partial charge in [0.1, 0.15) is 0 Å². The first-order chi connectivity index (χ1) is 27.7. The van der Waals surface area contributed by atoms with Gasteiger partial charge >= 0.3 is 0 Å². The maximum atomic E-state index is 9.86. The van der Waals surface area contributed by atoms with Gasteiger partial charge in [0, 0.05) is 33.4 Å². The van der Waals surface area contributed by atoms with Crippen molar-refractivity contribution in [3.63, 3.8) is 0 Å². The van der Waals surface area contributed by atoms with Gasteiger partial charge in [0.15, 0.2) is 34.9 Å². The summed E-state index contributed by atoms with van der Waals surface area (Å²) in [5.74, 6) is 3.29. The molecule has 0 aliphatic heterocycles. The molecule has 7 heteroatoms. The van der Waals surface area contributed by atoms with Gasteiger partial charge < -0.3 is 0 Å². The van der Waals surface area contributed by atoms with Crippen molar-refractivity contribution in [1.82, 2.24) is 29.9 Å². The molecule has 0 aliphatic rings. The first-order valence-corrected chi connectivity index (χ1v) is 18.2. The van der Waals surface area contributed by atoms with Crippen LogP contribution in [0.4, 0.5) is 0 Å². The topological polar surface area (TPSA) is 101 Å². The van der Waals surface area contributed by atoms with Gasteiger partial charge in [-0.25, -0.2) is 29.9 Å². The van der Waals surface area contributed by atoms with Gasteiger partial charge in [-0.15, -0.1) is 0 Å². The van der Waals surface area contributed by atoms with Crippen LogP contribution in [0, 0.1) is 11.3 Å². The summed E-state index contributed by atoms with van der Waals surface area (Å²) in [6.45, 7) is 0. The van der Waals surface area contributed by atoms with E-state index in [0.717, 1.165) is 50.1 Å². The number of hydrogen-bond donors (Lipinski definition) is 0. The Balaban J connectivity index is 1.08. The Kier molecular flexibility index (Phi) is 9.18. The van der Waals surface area contributed by atoms with E-state index in [4.69, 9.17) is 29.9 Å². The molecule has 56 heavy (non-hydrogen) atoms. The fourth-order valence-electron chi connectivity index (χ4n) is 6.59. The molecule has 0 unspecified atom stereocenters. The molecule has 2 heterocycles. The summed E-state index contributed by atoms with van der Waals surface area (Å²) in [6.07, 6.45) is 0. The maximum Gasteiger partial charge on any atom is 0.165 e. The molecule has 0 radical (unpaired) electrons. The van der Waals surface area contributed by atoms with Crippen molar-refractivity contribution in [2.24, 2.45) is 0 Å². The predicted molar refractivity (Wildman–Crippen MR) is 221 cm³/mol. The molecule has 0 amide bonds. The van der Waals surface area contributed by atoms with Crippen LogP contribution in [0.3, 0.4) is 0 Å². The zero-order valence-electron chi connectivity index (χ0n) is 30.0. The Bertz CT molecular complexity index is 2850. The van der Waals surface area contributed by atoms with Crippen molar-refractivity contribution in [3.05, 3.63) is 194 Å². The van der Waals surface area contributed by atoms with Crippen LogP contribution in [0.1, 0.15) is 5.56 Å². The Labute approximate surface area is 324 Å². The number of rotatable bonds is 8. The summed E-state index contributed by atoms with van der Waals surface area (Å²) in [5, 5.41) is 9.86. The standard InChI is InChI=1S/C49H31N7/c50-32-42-20-10-11-25-43(42)49-55-45(36-18-8-3-9-19-36)53-48(56-49)41-24-13-22-39(31-41)34-26-28-37(29-27-34)46-51-44(35-16-6-2-7-17-35)52-47(54-46)40-23-12-21-38(30-40)33-14-4-1-5-15-33/h1-31H. The number of hydrogen-bond acceptors (Lipinski definition) is 7. The lowest BCUT2D eigenvalue weighted by molar-refractivity contribution is 1.07. The zero-order chi connectivity index (χ0) is 37.7. The van der Waals surface area contributed by atoms with Crippen LogP contribution in [-0.2, 0) is 0 Å². The van der Waals surface area contributed by atoms with E-state index in [0.29, 0.717) is 46.1 Å². The van der Waals surface area contributed by atoms with Crippen LogP contribution >= 0.6 is 0 Å². The average Bonchev–Trinajstić information content (AvgIpc) is 3.29. The number of aromatic nitrogens is 6. The van der Waals surface area contributed by atoms with E-state index in [1.807, 2.05) is 133 Å². The molecule has 0 saturated heterocycles. The highest BCUT2D eigenvalue weighted by Gasteiger charge is 2.16. The van der Waals surface area contributed by atoms with Crippen molar-refractivity contribution >= 4 is 0 Å². The van der Waals surface area contributed by atoms with E-state index >= 15 is 0 Å². The number of benzene rings is 7. The van der Waals surface area contributed by atoms with Crippen molar-refractivity contribution < 1.29 is 0 Å². The second kappa shape index (κ2) is 15.2. The van der Waals surface area contributed by atoms with Gasteiger partial charge in [-0.1, -0.05) is 164 Å². The minimum Gasteiger partial charge on any atom is -0.208 e. The van der Waals surface area contributed by atoms with Gasteiger partial charge in [0.25, 0.3) is 0 Å². The molecule has 7 aromatic carbocycles. The third-order valence-electron chi connectivity index (χ3n) is 9.45. The molecule has 7 nitrogen and oxygen atoms in total. The predicted octanol–water partition coefficient (Wildman–Crippen LogP) is 11.3. The fraction of sp³-hybridized carbons (Fsp3) is 0. The Morgan fingerprint density at radius 1 is 0.268 bits per heavy atom. The molecular formula is C49H31N7. The molecule has 0 bridgehead atoms. The molecular weight excluding hydrogens is 687 g/mol. The van der Waals surface area contributed by atoms with E-state index in [2.05, 4.69) is 54.6 Å². The highest BCUT2D eigenvalue weighted by Crippen LogP contribution is 2.32. The van der Waals surface area contributed by atoms with Gasteiger partial charge in [-0.3, -0.25) is 0 Å². The van der Waals surface area contributed by atoms with Crippen molar-refractivity contribution in [3.8, 4) is 96.7 Å². The van der Waals surface area contributed by atoms with Crippen LogP contribution in [0.2, 0.25) is 0 Å². The van der Waals surface area contributed by atoms with E-state index in [9.17, 15) is 5.26 Å².